The van der Waals surface area contributed by atoms with E-state index in [0.29, 0.717) is 0 Å². The highest BCUT2D eigenvalue weighted by molar-refractivity contribution is 5.92. The summed E-state index contributed by atoms with van der Waals surface area (Å²) in [6, 6.07) is 34.1. The van der Waals surface area contributed by atoms with Crippen LogP contribution in [0.1, 0.15) is 17.7 Å². The quantitative estimate of drug-likeness (QED) is 0.320. The number of fused-ring (bicyclic) bond motifs is 3. The number of anilines is 2. The van der Waals surface area contributed by atoms with Crippen LogP contribution in [0.4, 0.5) is 11.4 Å². The summed E-state index contributed by atoms with van der Waals surface area (Å²) < 4.78 is 6.04. The summed E-state index contributed by atoms with van der Waals surface area (Å²) in [5.41, 5.74) is 9.23. The van der Waals surface area contributed by atoms with Crippen molar-refractivity contribution in [3.63, 3.8) is 0 Å². The van der Waals surface area contributed by atoms with Crippen molar-refractivity contribution >= 4 is 28.4 Å². The number of furan rings is 1. The van der Waals surface area contributed by atoms with Gasteiger partial charge in [-0.3, -0.25) is 0 Å². The van der Waals surface area contributed by atoms with Crippen LogP contribution in [0.15, 0.2) is 108 Å². The van der Waals surface area contributed by atoms with E-state index >= 15 is 0 Å². The highest BCUT2D eigenvalue weighted by Gasteiger charge is 2.15. The van der Waals surface area contributed by atoms with Crippen molar-refractivity contribution < 1.29 is 4.42 Å². The predicted octanol–water partition coefficient (Wildman–Crippen LogP) is 8.47. The van der Waals surface area contributed by atoms with Gasteiger partial charge < -0.3 is 9.73 Å². The SMILES string of the molecule is C1=Cc2c(oc3ccc(-c4ccc(Nc5ccc(-c6ccccc6)cc5)cc4)cc23)CC1. The molecule has 0 saturated heterocycles. The van der Waals surface area contributed by atoms with Gasteiger partial charge in [0.25, 0.3) is 0 Å². The third kappa shape index (κ3) is 3.50. The number of aryl methyl sites for hydroxylation is 1. The highest BCUT2D eigenvalue weighted by atomic mass is 16.3. The van der Waals surface area contributed by atoms with Gasteiger partial charge in [-0.05, 0) is 65.1 Å². The Morgan fingerprint density at radius 2 is 1.25 bits per heavy atom. The lowest BCUT2D eigenvalue weighted by Gasteiger charge is -2.09. The summed E-state index contributed by atoms with van der Waals surface area (Å²) in [5, 5.41) is 4.71. The van der Waals surface area contributed by atoms with Gasteiger partial charge in [-0.15, -0.1) is 0 Å². The van der Waals surface area contributed by atoms with E-state index in [4.69, 9.17) is 4.42 Å². The normalized spacial score (nSPS) is 12.6. The van der Waals surface area contributed by atoms with Gasteiger partial charge in [0.15, 0.2) is 0 Å². The molecule has 0 amide bonds. The molecule has 0 fully saturated rings. The largest absolute Gasteiger partial charge is 0.460 e. The first kappa shape index (κ1) is 18.7. The van der Waals surface area contributed by atoms with E-state index in [1.165, 1.54) is 33.2 Å². The Balaban J connectivity index is 1.22. The first-order valence-corrected chi connectivity index (χ1v) is 11.1. The lowest BCUT2D eigenvalue weighted by Crippen LogP contribution is -1.90. The molecule has 2 nitrogen and oxygen atoms in total. The molecule has 1 heterocycles. The molecule has 1 aliphatic rings. The van der Waals surface area contributed by atoms with Crippen LogP contribution in [-0.2, 0) is 6.42 Å². The monoisotopic (exact) mass is 413 g/mol. The molecule has 0 aliphatic heterocycles. The zero-order chi connectivity index (χ0) is 21.3. The Kier molecular flexibility index (Phi) is 4.62. The zero-order valence-corrected chi connectivity index (χ0v) is 17.7. The fourth-order valence-corrected chi connectivity index (χ4v) is 4.42. The summed E-state index contributed by atoms with van der Waals surface area (Å²) in [4.78, 5) is 0. The van der Waals surface area contributed by atoms with Crippen LogP contribution < -0.4 is 5.32 Å². The summed E-state index contributed by atoms with van der Waals surface area (Å²) in [6.45, 7) is 0. The summed E-state index contributed by atoms with van der Waals surface area (Å²) in [7, 11) is 0. The van der Waals surface area contributed by atoms with Crippen LogP contribution in [0.3, 0.4) is 0 Å². The Morgan fingerprint density at radius 1 is 0.625 bits per heavy atom. The van der Waals surface area contributed by atoms with E-state index in [0.717, 1.165) is 35.6 Å². The van der Waals surface area contributed by atoms with Crippen molar-refractivity contribution in [2.45, 2.75) is 12.8 Å². The second-order valence-corrected chi connectivity index (χ2v) is 8.24. The maximum Gasteiger partial charge on any atom is 0.134 e. The molecule has 5 aromatic rings. The Morgan fingerprint density at radius 3 is 1.97 bits per heavy atom. The third-order valence-electron chi connectivity index (χ3n) is 6.12. The number of nitrogens with one attached hydrogen (secondary N) is 1. The van der Waals surface area contributed by atoms with Gasteiger partial charge in [-0.25, -0.2) is 0 Å². The van der Waals surface area contributed by atoms with Crippen molar-refractivity contribution in [1.82, 2.24) is 0 Å². The average Bonchev–Trinajstić information content (AvgIpc) is 3.24. The lowest BCUT2D eigenvalue weighted by atomic mass is 9.99. The van der Waals surface area contributed by atoms with Crippen LogP contribution in [0.5, 0.6) is 0 Å². The molecular weight excluding hydrogens is 390 g/mol. The molecule has 0 bridgehead atoms. The van der Waals surface area contributed by atoms with E-state index in [-0.39, 0.29) is 0 Å². The fraction of sp³-hybridized carbons (Fsp3) is 0.0667. The maximum absolute atomic E-state index is 6.04. The highest BCUT2D eigenvalue weighted by Crippen LogP contribution is 2.34. The molecule has 1 aliphatic carbocycles. The van der Waals surface area contributed by atoms with Gasteiger partial charge in [0, 0.05) is 28.7 Å². The van der Waals surface area contributed by atoms with Gasteiger partial charge >= 0.3 is 0 Å². The molecular formula is C30H23NO. The van der Waals surface area contributed by atoms with Crippen LogP contribution in [0.2, 0.25) is 0 Å². The minimum Gasteiger partial charge on any atom is -0.460 e. The van der Waals surface area contributed by atoms with Crippen molar-refractivity contribution in [3.05, 3.63) is 114 Å². The van der Waals surface area contributed by atoms with Gasteiger partial charge in [-0.1, -0.05) is 72.8 Å². The molecule has 2 heteroatoms. The minimum absolute atomic E-state index is 0.975. The molecule has 0 saturated carbocycles. The molecule has 154 valence electrons. The average molecular weight is 414 g/mol. The zero-order valence-electron chi connectivity index (χ0n) is 17.7. The first-order valence-electron chi connectivity index (χ1n) is 11.1. The molecule has 32 heavy (non-hydrogen) atoms. The Hall–Kier alpha value is -4.04. The maximum atomic E-state index is 6.04. The van der Waals surface area contributed by atoms with Crippen LogP contribution >= 0.6 is 0 Å². The number of hydrogen-bond acceptors (Lipinski definition) is 2. The molecule has 6 rings (SSSR count). The van der Waals surface area contributed by atoms with Crippen molar-refractivity contribution in [3.8, 4) is 22.3 Å². The van der Waals surface area contributed by atoms with Crippen LogP contribution in [0.25, 0.3) is 39.3 Å². The fourth-order valence-electron chi connectivity index (χ4n) is 4.42. The Bertz CT molecular complexity index is 1410. The number of hydrogen-bond donors (Lipinski definition) is 1. The van der Waals surface area contributed by atoms with E-state index in [9.17, 15) is 0 Å². The first-order chi connectivity index (χ1) is 15.8. The van der Waals surface area contributed by atoms with Crippen LogP contribution in [-0.4, -0.2) is 0 Å². The summed E-state index contributed by atoms with van der Waals surface area (Å²) in [5.74, 6) is 1.11. The van der Waals surface area contributed by atoms with Gasteiger partial charge in [-0.2, -0.15) is 0 Å². The van der Waals surface area contributed by atoms with Gasteiger partial charge in [0.05, 0.1) is 0 Å². The third-order valence-corrected chi connectivity index (χ3v) is 6.12. The van der Waals surface area contributed by atoms with Crippen molar-refractivity contribution in [2.75, 3.05) is 5.32 Å². The van der Waals surface area contributed by atoms with E-state index in [1.807, 2.05) is 6.07 Å². The molecule has 1 aromatic heterocycles. The van der Waals surface area contributed by atoms with E-state index in [2.05, 4.69) is 108 Å². The Labute approximate surface area is 187 Å². The van der Waals surface area contributed by atoms with Gasteiger partial charge in [0.2, 0.25) is 0 Å². The minimum atomic E-state index is 0.975. The summed E-state index contributed by atoms with van der Waals surface area (Å²) >= 11 is 0. The van der Waals surface area contributed by atoms with E-state index in [1.54, 1.807) is 0 Å². The predicted molar refractivity (Wildman–Crippen MR) is 134 cm³/mol. The molecule has 0 radical (unpaired) electrons. The second kappa shape index (κ2) is 7.90. The standard InChI is InChI=1S/C30H23NO/c1-2-6-21(7-3-1)22-10-15-25(16-11-22)31-26-17-12-23(13-18-26)24-14-19-30-28(20-24)27-8-4-5-9-29(27)32-30/h1-4,6-8,10-20,31H,5,9H2. The lowest BCUT2D eigenvalue weighted by molar-refractivity contribution is 0.546. The molecule has 1 N–H and O–H groups in total. The number of benzene rings is 4. The topological polar surface area (TPSA) is 25.2 Å². The van der Waals surface area contributed by atoms with Crippen molar-refractivity contribution in [2.24, 2.45) is 0 Å². The molecule has 4 aromatic carbocycles. The summed E-state index contributed by atoms with van der Waals surface area (Å²) in [6.07, 6.45) is 6.48. The molecule has 0 spiro atoms. The van der Waals surface area contributed by atoms with Crippen LogP contribution in [0, 0.1) is 0 Å². The molecule has 0 unspecified atom stereocenters. The van der Waals surface area contributed by atoms with Crippen molar-refractivity contribution in [1.29, 1.82) is 0 Å². The van der Waals surface area contributed by atoms with Gasteiger partial charge in [0.1, 0.15) is 11.3 Å². The smallest absolute Gasteiger partial charge is 0.134 e. The molecule has 0 atom stereocenters. The number of rotatable bonds is 4. The number of allylic oxidation sites excluding steroid dienone is 1. The van der Waals surface area contributed by atoms with E-state index < -0.39 is 0 Å². The second-order valence-electron chi connectivity index (χ2n) is 8.24.